The van der Waals surface area contributed by atoms with E-state index in [4.69, 9.17) is 9.47 Å². The molecule has 0 bridgehead atoms. The van der Waals surface area contributed by atoms with E-state index >= 15 is 0 Å². The molecule has 2 rings (SSSR count). The van der Waals surface area contributed by atoms with Crippen molar-refractivity contribution < 1.29 is 9.47 Å². The molecule has 0 saturated carbocycles. The van der Waals surface area contributed by atoms with Crippen molar-refractivity contribution in [2.75, 3.05) is 13.9 Å². The average Bonchev–Trinajstić information content (AvgIpc) is 2.35. The van der Waals surface area contributed by atoms with E-state index in [9.17, 15) is 0 Å². The maximum absolute atomic E-state index is 5.41. The van der Waals surface area contributed by atoms with Gasteiger partial charge in [0.25, 0.3) is 0 Å². The molecule has 0 unspecified atom stereocenters. The number of methoxy groups -OCH3 is 1. The van der Waals surface area contributed by atoms with Crippen LogP contribution in [0.25, 0.3) is 10.8 Å². The zero-order chi connectivity index (χ0) is 11.4. The van der Waals surface area contributed by atoms with Gasteiger partial charge in [0.05, 0.1) is 0 Å². The molecule has 2 heteroatoms. The Hall–Kier alpha value is -1.54. The summed E-state index contributed by atoms with van der Waals surface area (Å²) in [4.78, 5) is 0. The third-order valence-corrected chi connectivity index (χ3v) is 2.67. The largest absolute Gasteiger partial charge is 0.468 e. The number of rotatable bonds is 4. The summed E-state index contributed by atoms with van der Waals surface area (Å²) in [6.45, 7) is 2.46. The summed E-state index contributed by atoms with van der Waals surface area (Å²) in [5.74, 6) is 0.850. The Bertz CT molecular complexity index is 477. The molecule has 0 N–H and O–H groups in total. The molecular formula is C14H16O2. The van der Waals surface area contributed by atoms with Crippen LogP contribution in [-0.2, 0) is 11.2 Å². The Morgan fingerprint density at radius 2 is 2.00 bits per heavy atom. The van der Waals surface area contributed by atoms with Crippen LogP contribution in [0.1, 0.15) is 12.5 Å². The first-order valence-corrected chi connectivity index (χ1v) is 5.48. The molecule has 2 aromatic carbocycles. The van der Waals surface area contributed by atoms with Crippen molar-refractivity contribution in [3.63, 3.8) is 0 Å². The number of fused-ring (bicyclic) bond motifs is 1. The fourth-order valence-corrected chi connectivity index (χ4v) is 1.85. The number of aryl methyl sites for hydroxylation is 1. The van der Waals surface area contributed by atoms with Gasteiger partial charge in [-0.05, 0) is 34.9 Å². The van der Waals surface area contributed by atoms with Gasteiger partial charge in [0.15, 0.2) is 6.79 Å². The number of ether oxygens (including phenoxy) is 2. The molecule has 0 aliphatic heterocycles. The molecule has 0 saturated heterocycles. The Morgan fingerprint density at radius 3 is 2.75 bits per heavy atom. The summed E-state index contributed by atoms with van der Waals surface area (Å²) in [6, 6.07) is 12.5. The highest BCUT2D eigenvalue weighted by molar-refractivity contribution is 5.86. The molecule has 0 heterocycles. The van der Waals surface area contributed by atoms with E-state index in [0.717, 1.165) is 12.2 Å². The normalized spacial score (nSPS) is 10.6. The van der Waals surface area contributed by atoms with Gasteiger partial charge < -0.3 is 9.47 Å². The van der Waals surface area contributed by atoms with Gasteiger partial charge in [-0.25, -0.2) is 0 Å². The minimum Gasteiger partial charge on any atom is -0.468 e. The lowest BCUT2D eigenvalue weighted by atomic mass is 10.0. The van der Waals surface area contributed by atoms with E-state index in [-0.39, 0.29) is 0 Å². The molecule has 0 fully saturated rings. The second kappa shape index (κ2) is 4.99. The summed E-state index contributed by atoms with van der Waals surface area (Å²) < 4.78 is 10.3. The fraction of sp³-hybridized carbons (Fsp3) is 0.286. The van der Waals surface area contributed by atoms with E-state index < -0.39 is 0 Å². The minimum absolute atomic E-state index is 0.291. The van der Waals surface area contributed by atoms with Crippen molar-refractivity contribution in [2.24, 2.45) is 0 Å². The monoisotopic (exact) mass is 216 g/mol. The molecule has 0 radical (unpaired) electrons. The predicted molar refractivity (Wildman–Crippen MR) is 65.8 cm³/mol. The van der Waals surface area contributed by atoms with Crippen LogP contribution in [0, 0.1) is 0 Å². The standard InChI is InChI=1S/C14H16O2/c1-3-11-5-4-6-12-9-13(16-10-15-2)7-8-14(11)12/h4-9H,3,10H2,1-2H3. The third kappa shape index (κ3) is 2.17. The van der Waals surface area contributed by atoms with Gasteiger partial charge in [0.1, 0.15) is 5.75 Å². The molecule has 0 aliphatic rings. The summed E-state index contributed by atoms with van der Waals surface area (Å²) in [6.07, 6.45) is 1.05. The van der Waals surface area contributed by atoms with Crippen LogP contribution < -0.4 is 4.74 Å². The van der Waals surface area contributed by atoms with Crippen LogP contribution in [0.15, 0.2) is 36.4 Å². The van der Waals surface area contributed by atoms with Gasteiger partial charge >= 0.3 is 0 Å². The van der Waals surface area contributed by atoms with E-state index in [1.165, 1.54) is 16.3 Å². The summed E-state index contributed by atoms with van der Waals surface area (Å²) in [5.41, 5.74) is 1.37. The van der Waals surface area contributed by atoms with Crippen LogP contribution in [-0.4, -0.2) is 13.9 Å². The van der Waals surface area contributed by atoms with E-state index in [2.05, 4.69) is 31.2 Å². The Labute approximate surface area is 95.8 Å². The van der Waals surface area contributed by atoms with Crippen molar-refractivity contribution in [2.45, 2.75) is 13.3 Å². The summed E-state index contributed by atoms with van der Waals surface area (Å²) in [5, 5.41) is 2.52. The van der Waals surface area contributed by atoms with Crippen LogP contribution >= 0.6 is 0 Å². The van der Waals surface area contributed by atoms with E-state index in [1.54, 1.807) is 7.11 Å². The SMILES string of the molecule is CCc1cccc2cc(OCOC)ccc12. The molecule has 2 aromatic rings. The van der Waals surface area contributed by atoms with Gasteiger partial charge in [-0.3, -0.25) is 0 Å². The number of hydrogen-bond donors (Lipinski definition) is 0. The maximum atomic E-state index is 5.41. The third-order valence-electron chi connectivity index (χ3n) is 2.67. The zero-order valence-corrected chi connectivity index (χ0v) is 9.69. The van der Waals surface area contributed by atoms with E-state index in [1.807, 2.05) is 12.1 Å². The van der Waals surface area contributed by atoms with Crippen LogP contribution in [0.4, 0.5) is 0 Å². The van der Waals surface area contributed by atoms with Crippen molar-refractivity contribution in [3.8, 4) is 5.75 Å². The second-order valence-corrected chi connectivity index (χ2v) is 3.70. The molecule has 16 heavy (non-hydrogen) atoms. The molecule has 2 nitrogen and oxygen atoms in total. The smallest absolute Gasteiger partial charge is 0.188 e. The number of benzene rings is 2. The summed E-state index contributed by atoms with van der Waals surface area (Å²) in [7, 11) is 1.62. The topological polar surface area (TPSA) is 18.5 Å². The van der Waals surface area contributed by atoms with Crippen LogP contribution in [0.3, 0.4) is 0 Å². The van der Waals surface area contributed by atoms with Crippen molar-refractivity contribution in [1.29, 1.82) is 0 Å². The van der Waals surface area contributed by atoms with Gasteiger partial charge in [0.2, 0.25) is 0 Å². The van der Waals surface area contributed by atoms with Gasteiger partial charge in [-0.2, -0.15) is 0 Å². The Morgan fingerprint density at radius 1 is 1.12 bits per heavy atom. The first kappa shape index (κ1) is 11.0. The Kier molecular flexibility index (Phi) is 3.42. The first-order valence-electron chi connectivity index (χ1n) is 5.48. The fourth-order valence-electron chi connectivity index (χ4n) is 1.85. The van der Waals surface area contributed by atoms with Crippen molar-refractivity contribution in [3.05, 3.63) is 42.0 Å². The molecule has 0 atom stereocenters. The van der Waals surface area contributed by atoms with Gasteiger partial charge in [-0.1, -0.05) is 31.2 Å². The zero-order valence-electron chi connectivity index (χ0n) is 9.69. The predicted octanol–water partition coefficient (Wildman–Crippen LogP) is 3.38. The Balaban J connectivity index is 2.39. The summed E-state index contributed by atoms with van der Waals surface area (Å²) >= 11 is 0. The van der Waals surface area contributed by atoms with Crippen LogP contribution in [0.5, 0.6) is 5.75 Å². The molecular weight excluding hydrogens is 200 g/mol. The van der Waals surface area contributed by atoms with Crippen LogP contribution in [0.2, 0.25) is 0 Å². The number of hydrogen-bond acceptors (Lipinski definition) is 2. The molecule has 84 valence electrons. The lowest BCUT2D eigenvalue weighted by Crippen LogP contribution is -1.98. The molecule has 0 spiro atoms. The highest BCUT2D eigenvalue weighted by atomic mass is 16.7. The minimum atomic E-state index is 0.291. The second-order valence-electron chi connectivity index (χ2n) is 3.70. The highest BCUT2D eigenvalue weighted by Crippen LogP contribution is 2.24. The van der Waals surface area contributed by atoms with Crippen molar-refractivity contribution in [1.82, 2.24) is 0 Å². The lowest BCUT2D eigenvalue weighted by molar-refractivity contribution is 0.0512. The highest BCUT2D eigenvalue weighted by Gasteiger charge is 2.00. The molecule has 0 amide bonds. The average molecular weight is 216 g/mol. The van der Waals surface area contributed by atoms with Crippen molar-refractivity contribution >= 4 is 10.8 Å². The lowest BCUT2D eigenvalue weighted by Gasteiger charge is -2.08. The maximum Gasteiger partial charge on any atom is 0.188 e. The molecule has 0 aliphatic carbocycles. The quantitative estimate of drug-likeness (QED) is 0.729. The molecule has 0 aromatic heterocycles. The van der Waals surface area contributed by atoms with Gasteiger partial charge in [-0.15, -0.1) is 0 Å². The first-order chi connectivity index (χ1) is 7.85. The van der Waals surface area contributed by atoms with E-state index in [0.29, 0.717) is 6.79 Å². The van der Waals surface area contributed by atoms with Gasteiger partial charge in [0, 0.05) is 7.11 Å².